The second-order valence-corrected chi connectivity index (χ2v) is 8.14. The van der Waals surface area contributed by atoms with Crippen molar-refractivity contribution in [2.45, 2.75) is 23.5 Å². The van der Waals surface area contributed by atoms with Crippen molar-refractivity contribution in [3.63, 3.8) is 0 Å². The molecule has 2 aromatic rings. The van der Waals surface area contributed by atoms with Gasteiger partial charge in [-0.05, 0) is 31.0 Å². The number of furan rings is 1. The van der Waals surface area contributed by atoms with E-state index in [1.54, 1.807) is 0 Å². The van der Waals surface area contributed by atoms with E-state index in [-0.39, 0.29) is 16.9 Å². The van der Waals surface area contributed by atoms with Crippen LogP contribution in [0.15, 0.2) is 45.9 Å². The second kappa shape index (κ2) is 7.40. The predicted molar refractivity (Wildman–Crippen MR) is 100 cm³/mol. The van der Waals surface area contributed by atoms with Crippen molar-refractivity contribution in [2.75, 3.05) is 26.3 Å². The summed E-state index contributed by atoms with van der Waals surface area (Å²) in [5.41, 5.74) is 0.943. The summed E-state index contributed by atoms with van der Waals surface area (Å²) in [4.78, 5) is 27.1. The molecule has 1 aromatic carbocycles. The van der Waals surface area contributed by atoms with E-state index in [4.69, 9.17) is 9.15 Å². The van der Waals surface area contributed by atoms with Crippen molar-refractivity contribution < 1.29 is 23.8 Å². The highest BCUT2D eigenvalue weighted by atomic mass is 32.2. The zero-order valence-electron chi connectivity index (χ0n) is 14.8. The number of amides is 1. The van der Waals surface area contributed by atoms with Gasteiger partial charge in [-0.3, -0.25) is 4.79 Å². The smallest absolute Gasteiger partial charge is 0.339 e. The Bertz CT molecular complexity index is 856. The molecule has 7 heteroatoms. The van der Waals surface area contributed by atoms with Crippen molar-refractivity contribution in [2.24, 2.45) is 5.41 Å². The zero-order valence-corrected chi connectivity index (χ0v) is 15.7. The lowest BCUT2D eigenvalue weighted by Crippen LogP contribution is -2.32. The van der Waals surface area contributed by atoms with E-state index in [0.717, 1.165) is 44.0 Å². The summed E-state index contributed by atoms with van der Waals surface area (Å²) in [6.07, 6.45) is 3.38. The first-order valence-corrected chi connectivity index (χ1v) is 9.95. The predicted octanol–water partition coefficient (Wildman–Crippen LogP) is 3.52. The van der Waals surface area contributed by atoms with Crippen molar-refractivity contribution in [3.8, 4) is 0 Å². The van der Waals surface area contributed by atoms with E-state index in [9.17, 15) is 14.7 Å². The molecule has 4 rings (SSSR count). The van der Waals surface area contributed by atoms with Gasteiger partial charge in [0.15, 0.2) is 0 Å². The zero-order chi connectivity index (χ0) is 18.9. The summed E-state index contributed by atoms with van der Waals surface area (Å²) in [6, 6.07) is 8.92. The molecule has 0 bridgehead atoms. The Morgan fingerprint density at radius 3 is 2.81 bits per heavy atom. The maximum absolute atomic E-state index is 13.1. The van der Waals surface area contributed by atoms with Crippen LogP contribution in [0.3, 0.4) is 0 Å². The monoisotopic (exact) mass is 387 g/mol. The Morgan fingerprint density at radius 2 is 2.04 bits per heavy atom. The fourth-order valence-corrected chi connectivity index (χ4v) is 4.80. The SMILES string of the molecule is O=C(O)c1ccoc1CSc1ccccc1C(=O)N1CCC2(CCOC2)C1. The lowest BCUT2D eigenvalue weighted by molar-refractivity contribution is 0.0693. The molecule has 0 saturated carbocycles. The van der Waals surface area contributed by atoms with E-state index in [1.807, 2.05) is 29.2 Å². The number of ether oxygens (including phenoxy) is 1. The van der Waals surface area contributed by atoms with Crippen LogP contribution in [-0.2, 0) is 10.5 Å². The number of hydrogen-bond acceptors (Lipinski definition) is 5. The number of carbonyl (C=O) groups excluding carboxylic acids is 1. The number of rotatable bonds is 5. The number of carbonyl (C=O) groups is 2. The molecule has 142 valence electrons. The molecule has 2 fully saturated rings. The van der Waals surface area contributed by atoms with Crippen molar-refractivity contribution >= 4 is 23.6 Å². The van der Waals surface area contributed by atoms with E-state index < -0.39 is 5.97 Å². The second-order valence-electron chi connectivity index (χ2n) is 7.13. The van der Waals surface area contributed by atoms with Crippen molar-refractivity contribution in [1.82, 2.24) is 4.90 Å². The van der Waals surface area contributed by atoms with Crippen LogP contribution in [0.25, 0.3) is 0 Å². The molecule has 2 saturated heterocycles. The Hall–Kier alpha value is -2.25. The minimum atomic E-state index is -1.01. The van der Waals surface area contributed by atoms with Gasteiger partial charge in [-0.15, -0.1) is 11.8 Å². The van der Waals surface area contributed by atoms with E-state index >= 15 is 0 Å². The molecule has 1 amide bonds. The number of benzene rings is 1. The van der Waals surface area contributed by atoms with Gasteiger partial charge < -0.3 is 19.2 Å². The van der Waals surface area contributed by atoms with Gasteiger partial charge in [-0.25, -0.2) is 4.79 Å². The Labute approximate surface area is 161 Å². The summed E-state index contributed by atoms with van der Waals surface area (Å²) in [6.45, 7) is 3.02. The number of carboxylic acids is 1. The van der Waals surface area contributed by atoms with Gasteiger partial charge in [0, 0.05) is 30.0 Å². The lowest BCUT2D eigenvalue weighted by atomic mass is 9.87. The van der Waals surface area contributed by atoms with Crippen molar-refractivity contribution in [1.29, 1.82) is 0 Å². The summed E-state index contributed by atoms with van der Waals surface area (Å²) in [7, 11) is 0. The van der Waals surface area contributed by atoms with Gasteiger partial charge in [0.05, 0.1) is 24.2 Å². The molecule has 1 N–H and O–H groups in total. The first kappa shape index (κ1) is 18.1. The number of thioether (sulfide) groups is 1. The number of aromatic carboxylic acids is 1. The van der Waals surface area contributed by atoms with Crippen LogP contribution in [0.5, 0.6) is 0 Å². The number of nitrogens with zero attached hydrogens (tertiary/aromatic N) is 1. The van der Waals surface area contributed by atoms with Gasteiger partial charge in [-0.1, -0.05) is 12.1 Å². The third-order valence-electron chi connectivity index (χ3n) is 5.36. The maximum Gasteiger partial charge on any atom is 0.339 e. The molecule has 3 heterocycles. The fourth-order valence-electron chi connectivity index (χ4n) is 3.81. The highest BCUT2D eigenvalue weighted by Gasteiger charge is 2.43. The third kappa shape index (κ3) is 3.61. The third-order valence-corrected chi connectivity index (χ3v) is 6.44. The topological polar surface area (TPSA) is 80.0 Å². The Morgan fingerprint density at radius 1 is 1.19 bits per heavy atom. The molecule has 1 aromatic heterocycles. The largest absolute Gasteiger partial charge is 0.478 e. The summed E-state index contributed by atoms with van der Waals surface area (Å²) in [5, 5.41) is 9.20. The van der Waals surface area contributed by atoms with E-state index in [2.05, 4.69) is 0 Å². The first-order chi connectivity index (χ1) is 13.1. The van der Waals surface area contributed by atoms with Crippen LogP contribution in [0.4, 0.5) is 0 Å². The molecule has 2 aliphatic heterocycles. The highest BCUT2D eigenvalue weighted by Crippen LogP contribution is 2.39. The molecule has 1 unspecified atom stereocenters. The maximum atomic E-state index is 13.1. The minimum absolute atomic E-state index is 0.0276. The molecule has 6 nitrogen and oxygen atoms in total. The highest BCUT2D eigenvalue weighted by molar-refractivity contribution is 7.98. The van der Waals surface area contributed by atoms with Gasteiger partial charge >= 0.3 is 5.97 Å². The Kier molecular flexibility index (Phi) is 4.97. The molecule has 1 atom stereocenters. The van der Waals surface area contributed by atoms with Crippen LogP contribution in [0, 0.1) is 5.41 Å². The molecule has 0 aliphatic carbocycles. The van der Waals surface area contributed by atoms with E-state index in [1.165, 1.54) is 24.1 Å². The van der Waals surface area contributed by atoms with Crippen LogP contribution < -0.4 is 0 Å². The van der Waals surface area contributed by atoms with Crippen LogP contribution in [-0.4, -0.2) is 48.2 Å². The summed E-state index contributed by atoms with van der Waals surface area (Å²) < 4.78 is 10.8. The summed E-state index contributed by atoms with van der Waals surface area (Å²) in [5.74, 6) is -0.223. The summed E-state index contributed by atoms with van der Waals surface area (Å²) >= 11 is 1.42. The first-order valence-electron chi connectivity index (χ1n) is 8.97. The molecule has 27 heavy (non-hydrogen) atoms. The fraction of sp³-hybridized carbons (Fsp3) is 0.400. The van der Waals surface area contributed by atoms with Gasteiger partial charge in [0.25, 0.3) is 5.91 Å². The normalized spacial score (nSPS) is 21.9. The Balaban J connectivity index is 1.48. The van der Waals surface area contributed by atoms with Gasteiger partial charge in [-0.2, -0.15) is 0 Å². The molecule has 0 radical (unpaired) electrons. The number of carboxylic acid groups (broad SMARTS) is 1. The lowest BCUT2D eigenvalue weighted by Gasteiger charge is -2.22. The van der Waals surface area contributed by atoms with Gasteiger partial charge in [0.1, 0.15) is 11.3 Å². The molecular formula is C20H21NO5S. The molecular weight excluding hydrogens is 366 g/mol. The van der Waals surface area contributed by atoms with Gasteiger partial charge in [0.2, 0.25) is 0 Å². The molecule has 1 spiro atoms. The quantitative estimate of drug-likeness (QED) is 0.791. The average molecular weight is 387 g/mol. The van der Waals surface area contributed by atoms with Crippen LogP contribution in [0.1, 0.15) is 39.3 Å². The standard InChI is InChI=1S/C20H21NO5S/c22-18(21-8-6-20(12-21)7-10-25-13-20)15-3-1-2-4-17(15)27-11-16-14(19(23)24)5-9-26-16/h1-5,9H,6-8,10-13H2,(H,23,24). The van der Waals surface area contributed by atoms with E-state index in [0.29, 0.717) is 17.1 Å². The number of likely N-dealkylation sites (tertiary alicyclic amines) is 1. The minimum Gasteiger partial charge on any atom is -0.478 e. The molecule has 2 aliphatic rings. The van der Waals surface area contributed by atoms with Crippen LogP contribution >= 0.6 is 11.8 Å². The van der Waals surface area contributed by atoms with Crippen LogP contribution in [0.2, 0.25) is 0 Å². The average Bonchev–Trinajstić information content (AvgIpc) is 3.42. The number of hydrogen-bond donors (Lipinski definition) is 1. The van der Waals surface area contributed by atoms with Crippen molar-refractivity contribution in [3.05, 3.63) is 53.5 Å².